The molecule has 0 bridgehead atoms. The molecule has 7 aromatic carbocycles. The maximum atomic E-state index is 6.73. The van der Waals surface area contributed by atoms with Gasteiger partial charge in [-0.1, -0.05) is 84.9 Å². The van der Waals surface area contributed by atoms with Gasteiger partial charge in [0.2, 0.25) is 0 Å². The Kier molecular flexibility index (Phi) is 8.32. The number of aromatic nitrogens is 3. The van der Waals surface area contributed by atoms with Crippen LogP contribution in [0.5, 0.6) is 0 Å². The van der Waals surface area contributed by atoms with Crippen LogP contribution >= 0.6 is 0 Å². The van der Waals surface area contributed by atoms with Crippen molar-refractivity contribution in [3.63, 3.8) is 0 Å². The summed E-state index contributed by atoms with van der Waals surface area (Å²) in [5.74, 6) is 9.17. The zero-order valence-corrected chi connectivity index (χ0v) is 32.0. The summed E-state index contributed by atoms with van der Waals surface area (Å²) in [6, 6.07) is 59.4. The van der Waals surface area contributed by atoms with Crippen LogP contribution in [-0.2, 0) is 0 Å². The predicted molar refractivity (Wildman–Crippen MR) is 223 cm³/mol. The molecule has 0 radical (unpaired) electrons. The zero-order chi connectivity index (χ0) is 35.9. The second-order valence-electron chi connectivity index (χ2n) is 14.5. The fourth-order valence-corrected chi connectivity index (χ4v) is 9.56. The van der Waals surface area contributed by atoms with E-state index >= 15 is 0 Å². The molecule has 0 N–H and O–H groups in total. The number of fused-ring (bicyclic) bond motifs is 3. The van der Waals surface area contributed by atoms with Gasteiger partial charge in [0.05, 0.1) is 0 Å². The van der Waals surface area contributed by atoms with Gasteiger partial charge in [-0.15, -0.1) is 0 Å². The van der Waals surface area contributed by atoms with Gasteiger partial charge < -0.3 is 0 Å². The number of para-hydroxylation sites is 1. The molecule has 53 heavy (non-hydrogen) atoms. The SMILES string of the molecule is [CH3][Ge]([CH3])([CH3])[c]1cccc(-c2cccc(-c3cccc4c3oc3cccc(-c5nc(-c6ccccc6)nc(-c6ccc(-c7ccccc7)cc6)n5)c34)c2)c1. The van der Waals surface area contributed by atoms with E-state index in [0.717, 1.165) is 55.3 Å². The molecule has 0 aliphatic rings. The average molecular weight is 744 g/mol. The van der Waals surface area contributed by atoms with E-state index < -0.39 is 13.3 Å². The third kappa shape index (κ3) is 6.36. The van der Waals surface area contributed by atoms with Gasteiger partial charge in [-0.3, -0.25) is 0 Å². The predicted octanol–water partition coefficient (Wildman–Crippen LogP) is 12.3. The van der Waals surface area contributed by atoms with Crippen molar-refractivity contribution in [1.29, 1.82) is 0 Å². The number of hydrogen-bond donors (Lipinski definition) is 0. The van der Waals surface area contributed by atoms with Crippen molar-refractivity contribution >= 4 is 39.6 Å². The van der Waals surface area contributed by atoms with Crippen LogP contribution in [0.25, 0.3) is 89.5 Å². The number of nitrogens with zero attached hydrogens (tertiary/aromatic N) is 3. The normalized spacial score (nSPS) is 11.7. The van der Waals surface area contributed by atoms with Crippen molar-refractivity contribution in [3.8, 4) is 67.5 Å². The Morgan fingerprint density at radius 3 is 1.62 bits per heavy atom. The van der Waals surface area contributed by atoms with Gasteiger partial charge in [-0.25, -0.2) is 15.0 Å². The van der Waals surface area contributed by atoms with E-state index in [1.165, 1.54) is 21.1 Å². The first-order valence-corrected chi connectivity index (χ1v) is 25.4. The van der Waals surface area contributed by atoms with E-state index in [4.69, 9.17) is 19.4 Å². The Hall–Kier alpha value is -6.11. The van der Waals surface area contributed by atoms with Crippen LogP contribution in [0.1, 0.15) is 0 Å². The monoisotopic (exact) mass is 745 g/mol. The minimum absolute atomic E-state index is 0.602. The Labute approximate surface area is 312 Å². The molecule has 4 nitrogen and oxygen atoms in total. The van der Waals surface area contributed by atoms with Crippen molar-refractivity contribution < 1.29 is 4.42 Å². The van der Waals surface area contributed by atoms with E-state index in [0.29, 0.717) is 17.5 Å². The molecule has 9 rings (SSSR count). The van der Waals surface area contributed by atoms with Crippen molar-refractivity contribution in [2.75, 3.05) is 0 Å². The van der Waals surface area contributed by atoms with Crippen LogP contribution in [-0.4, -0.2) is 28.2 Å². The molecule has 5 heteroatoms. The second-order valence-corrected chi connectivity index (χ2v) is 25.1. The first kappa shape index (κ1) is 32.8. The molecule has 0 atom stereocenters. The van der Waals surface area contributed by atoms with Gasteiger partial charge in [0, 0.05) is 11.1 Å². The molecule has 0 saturated heterocycles. The molecule has 0 saturated carbocycles. The van der Waals surface area contributed by atoms with Gasteiger partial charge >= 0.3 is 180 Å². The molecule has 0 spiro atoms. The van der Waals surface area contributed by atoms with Gasteiger partial charge in [0.25, 0.3) is 0 Å². The molecular weight excluding hydrogens is 707 g/mol. The van der Waals surface area contributed by atoms with Crippen LogP contribution in [0, 0.1) is 0 Å². The van der Waals surface area contributed by atoms with E-state index in [2.05, 4.69) is 139 Å². The summed E-state index contributed by atoms with van der Waals surface area (Å²) in [6.45, 7) is 0. The van der Waals surface area contributed by atoms with Crippen LogP contribution in [0.3, 0.4) is 0 Å². The molecule has 2 aromatic heterocycles. The van der Waals surface area contributed by atoms with Crippen LogP contribution in [0.4, 0.5) is 0 Å². The summed E-state index contributed by atoms with van der Waals surface area (Å²) in [5.41, 5.74) is 11.3. The van der Waals surface area contributed by atoms with Gasteiger partial charge in [-0.2, -0.15) is 0 Å². The molecule has 2 heterocycles. The van der Waals surface area contributed by atoms with E-state index in [-0.39, 0.29) is 0 Å². The molecule has 0 unspecified atom stereocenters. The molecule has 0 aliphatic heterocycles. The summed E-state index contributed by atoms with van der Waals surface area (Å²) in [6.07, 6.45) is 0. The van der Waals surface area contributed by atoms with Crippen molar-refractivity contribution in [1.82, 2.24) is 15.0 Å². The van der Waals surface area contributed by atoms with Gasteiger partial charge in [0.1, 0.15) is 0 Å². The standard InChI is InChI=1S/C48H37GeN3O/c1-49(2,3)39-21-11-19-37(31-39)36-18-10-20-38(30-36)40-22-12-23-41-44-42(24-13-25-43(44)53-45(40)41)48-51-46(34-16-8-5-9-17-34)50-47(52-48)35-28-26-33(27-29-35)32-14-6-4-7-15-32/h4-31H,1-3H3. The molecule has 0 amide bonds. The Morgan fingerprint density at radius 2 is 0.906 bits per heavy atom. The van der Waals surface area contributed by atoms with Gasteiger partial charge in [0.15, 0.2) is 11.6 Å². The quantitative estimate of drug-likeness (QED) is 0.153. The Morgan fingerprint density at radius 1 is 0.396 bits per heavy atom. The molecule has 0 fully saturated rings. The van der Waals surface area contributed by atoms with E-state index in [1.54, 1.807) is 0 Å². The van der Waals surface area contributed by atoms with Crippen LogP contribution < -0.4 is 4.40 Å². The third-order valence-electron chi connectivity index (χ3n) is 9.92. The average Bonchev–Trinajstić information content (AvgIpc) is 3.60. The summed E-state index contributed by atoms with van der Waals surface area (Å²) in [5, 5.41) is 2.01. The second kappa shape index (κ2) is 13.5. The fourth-order valence-electron chi connectivity index (χ4n) is 7.08. The summed E-state index contributed by atoms with van der Waals surface area (Å²) in [7, 11) is 0. The molecule has 9 aromatic rings. The number of furan rings is 1. The molecule has 0 aliphatic carbocycles. The topological polar surface area (TPSA) is 51.8 Å². The maximum absolute atomic E-state index is 6.73. The summed E-state index contributed by atoms with van der Waals surface area (Å²) >= 11 is -1.99. The summed E-state index contributed by atoms with van der Waals surface area (Å²) < 4.78 is 8.23. The fraction of sp³-hybridized carbons (Fsp3) is 0.0625. The minimum atomic E-state index is -1.99. The molecular formula is C48H37GeN3O. The van der Waals surface area contributed by atoms with Crippen LogP contribution in [0.2, 0.25) is 17.3 Å². The zero-order valence-electron chi connectivity index (χ0n) is 29.9. The third-order valence-corrected chi connectivity index (χ3v) is 14.2. The number of hydrogen-bond acceptors (Lipinski definition) is 4. The van der Waals surface area contributed by atoms with E-state index in [1.807, 2.05) is 48.5 Å². The summed E-state index contributed by atoms with van der Waals surface area (Å²) in [4.78, 5) is 15.2. The van der Waals surface area contributed by atoms with Crippen LogP contribution in [0.15, 0.2) is 174 Å². The first-order chi connectivity index (χ1) is 25.9. The Balaban J connectivity index is 1.18. The van der Waals surface area contributed by atoms with Crippen molar-refractivity contribution in [2.24, 2.45) is 0 Å². The molecule has 254 valence electrons. The van der Waals surface area contributed by atoms with Crippen molar-refractivity contribution in [3.05, 3.63) is 170 Å². The van der Waals surface area contributed by atoms with E-state index in [9.17, 15) is 0 Å². The number of benzene rings is 7. The Bertz CT molecular complexity index is 2750. The first-order valence-electron chi connectivity index (χ1n) is 18.0. The van der Waals surface area contributed by atoms with Gasteiger partial charge in [-0.05, 0) is 11.1 Å². The number of rotatable bonds is 7. The van der Waals surface area contributed by atoms with Crippen molar-refractivity contribution in [2.45, 2.75) is 17.3 Å².